The Bertz CT molecular complexity index is 455. The van der Waals surface area contributed by atoms with Crippen LogP contribution in [0.3, 0.4) is 0 Å². The zero-order chi connectivity index (χ0) is 13.5. The Morgan fingerprint density at radius 2 is 2.26 bits per heavy atom. The van der Waals surface area contributed by atoms with Crippen LogP contribution >= 0.6 is 23.1 Å². The molecule has 0 spiro atoms. The summed E-state index contributed by atoms with van der Waals surface area (Å²) in [5.74, 6) is 2.47. The van der Waals surface area contributed by atoms with Gasteiger partial charge in [-0.25, -0.2) is 0 Å². The molecule has 1 aromatic rings. The largest absolute Gasteiger partial charge is 0.329 e. The number of thioether (sulfide) groups is 1. The number of nitrogens with two attached hydrogens (primary N) is 1. The van der Waals surface area contributed by atoms with Crippen LogP contribution in [-0.4, -0.2) is 35.0 Å². The molecule has 106 valence electrons. The Morgan fingerprint density at radius 3 is 3.00 bits per heavy atom. The van der Waals surface area contributed by atoms with Gasteiger partial charge in [-0.1, -0.05) is 13.8 Å². The number of thiophene rings is 1. The molecule has 0 aliphatic carbocycles. The Morgan fingerprint density at radius 1 is 1.42 bits per heavy atom. The van der Waals surface area contributed by atoms with E-state index in [1.807, 2.05) is 11.3 Å². The Balaban J connectivity index is 1.90. The third-order valence-electron chi connectivity index (χ3n) is 5.22. The van der Waals surface area contributed by atoms with Crippen molar-refractivity contribution in [3.63, 3.8) is 0 Å². The van der Waals surface area contributed by atoms with Gasteiger partial charge in [0.15, 0.2) is 0 Å². The van der Waals surface area contributed by atoms with E-state index >= 15 is 0 Å². The number of hydrogen-bond acceptors (Lipinski definition) is 4. The summed E-state index contributed by atoms with van der Waals surface area (Å²) in [4.78, 5) is 4.28. The molecule has 3 heterocycles. The maximum absolute atomic E-state index is 6.29. The van der Waals surface area contributed by atoms with Gasteiger partial charge in [-0.15, -0.1) is 11.3 Å². The van der Waals surface area contributed by atoms with Crippen molar-refractivity contribution in [2.45, 2.75) is 38.8 Å². The van der Waals surface area contributed by atoms with Crippen LogP contribution < -0.4 is 5.73 Å². The first kappa shape index (κ1) is 13.9. The second kappa shape index (κ2) is 5.06. The second-order valence-electron chi connectivity index (χ2n) is 6.46. The molecular weight excluding hydrogens is 272 g/mol. The first-order valence-corrected chi connectivity index (χ1v) is 9.21. The van der Waals surface area contributed by atoms with E-state index in [0.29, 0.717) is 5.41 Å². The second-order valence-corrected chi connectivity index (χ2v) is 8.57. The van der Waals surface area contributed by atoms with Gasteiger partial charge in [0, 0.05) is 35.8 Å². The Kier molecular flexibility index (Phi) is 3.71. The minimum absolute atomic E-state index is 0.176. The fourth-order valence-corrected chi connectivity index (χ4v) is 6.31. The van der Waals surface area contributed by atoms with Gasteiger partial charge in [0.25, 0.3) is 0 Å². The predicted octanol–water partition coefficient (Wildman–Crippen LogP) is 2.97. The lowest BCUT2D eigenvalue weighted by Gasteiger charge is -2.56. The predicted molar refractivity (Wildman–Crippen MR) is 85.9 cm³/mol. The SMILES string of the molecule is CC1(C)CCSCC1(CN)N1CCc2sccc2C1. The molecule has 19 heavy (non-hydrogen) atoms. The molecule has 1 unspecified atom stereocenters. The summed E-state index contributed by atoms with van der Waals surface area (Å²) >= 11 is 4.00. The van der Waals surface area contributed by atoms with Crippen molar-refractivity contribution in [2.75, 3.05) is 24.6 Å². The smallest absolute Gasteiger partial charge is 0.0476 e. The van der Waals surface area contributed by atoms with Crippen molar-refractivity contribution < 1.29 is 0 Å². The van der Waals surface area contributed by atoms with Crippen LogP contribution in [0.4, 0.5) is 0 Å². The van der Waals surface area contributed by atoms with E-state index in [9.17, 15) is 0 Å². The normalized spacial score (nSPS) is 31.1. The van der Waals surface area contributed by atoms with E-state index in [2.05, 4.69) is 42.0 Å². The van der Waals surface area contributed by atoms with E-state index in [4.69, 9.17) is 5.73 Å². The molecule has 2 aliphatic heterocycles. The van der Waals surface area contributed by atoms with Crippen LogP contribution in [0.5, 0.6) is 0 Å². The molecule has 0 bridgehead atoms. The number of rotatable bonds is 2. The third-order valence-corrected chi connectivity index (χ3v) is 7.42. The highest BCUT2D eigenvalue weighted by Gasteiger charge is 2.50. The molecule has 3 rings (SSSR count). The van der Waals surface area contributed by atoms with E-state index in [1.165, 1.54) is 36.5 Å². The quantitative estimate of drug-likeness (QED) is 0.910. The molecule has 2 nitrogen and oxygen atoms in total. The zero-order valence-corrected chi connectivity index (χ0v) is 13.6. The molecule has 1 fully saturated rings. The number of fused-ring (bicyclic) bond motifs is 1. The molecule has 1 atom stereocenters. The Labute approximate surface area is 124 Å². The first-order valence-electron chi connectivity index (χ1n) is 7.17. The number of nitrogens with zero attached hydrogens (tertiary/aromatic N) is 1. The van der Waals surface area contributed by atoms with Gasteiger partial charge in [0.1, 0.15) is 0 Å². The van der Waals surface area contributed by atoms with Crippen molar-refractivity contribution >= 4 is 23.1 Å². The van der Waals surface area contributed by atoms with E-state index in [1.54, 1.807) is 4.88 Å². The molecule has 0 radical (unpaired) electrons. The molecule has 0 saturated carbocycles. The third kappa shape index (κ3) is 2.17. The zero-order valence-electron chi connectivity index (χ0n) is 11.9. The summed E-state index contributed by atoms with van der Waals surface area (Å²) in [6.45, 7) is 7.90. The molecule has 1 aromatic heterocycles. The molecule has 2 aliphatic rings. The Hall–Kier alpha value is -0.0300. The molecule has 4 heteroatoms. The fourth-order valence-electron chi connectivity index (χ4n) is 3.59. The summed E-state index contributed by atoms with van der Waals surface area (Å²) in [6, 6.07) is 2.30. The van der Waals surface area contributed by atoms with Gasteiger partial charge < -0.3 is 5.73 Å². The summed E-state index contributed by atoms with van der Waals surface area (Å²) in [5, 5.41) is 2.24. The lowest BCUT2D eigenvalue weighted by Crippen LogP contribution is -2.66. The van der Waals surface area contributed by atoms with Crippen LogP contribution in [-0.2, 0) is 13.0 Å². The topological polar surface area (TPSA) is 29.3 Å². The maximum atomic E-state index is 6.29. The highest BCUT2D eigenvalue weighted by molar-refractivity contribution is 7.99. The minimum Gasteiger partial charge on any atom is -0.329 e. The van der Waals surface area contributed by atoms with Gasteiger partial charge in [-0.3, -0.25) is 4.90 Å². The van der Waals surface area contributed by atoms with Crippen LogP contribution in [0.25, 0.3) is 0 Å². The molecular formula is C15H24N2S2. The summed E-state index contributed by atoms with van der Waals surface area (Å²) in [7, 11) is 0. The highest BCUT2D eigenvalue weighted by atomic mass is 32.2. The average molecular weight is 297 g/mol. The van der Waals surface area contributed by atoms with Crippen LogP contribution in [0.1, 0.15) is 30.7 Å². The van der Waals surface area contributed by atoms with Crippen molar-refractivity contribution in [3.05, 3.63) is 21.9 Å². The standard InChI is InChI=1S/C15H24N2S2/c1-14(2)5-8-18-11-15(14,10-16)17-6-3-13-12(9-17)4-7-19-13/h4,7H,3,5-6,8-11,16H2,1-2H3. The van der Waals surface area contributed by atoms with Crippen LogP contribution in [0.15, 0.2) is 11.4 Å². The molecule has 1 saturated heterocycles. The average Bonchev–Trinajstić information content (AvgIpc) is 2.86. The van der Waals surface area contributed by atoms with Gasteiger partial charge >= 0.3 is 0 Å². The van der Waals surface area contributed by atoms with Gasteiger partial charge in [0.2, 0.25) is 0 Å². The number of hydrogen-bond donors (Lipinski definition) is 1. The van der Waals surface area contributed by atoms with E-state index < -0.39 is 0 Å². The van der Waals surface area contributed by atoms with Gasteiger partial charge in [0.05, 0.1) is 0 Å². The first-order chi connectivity index (χ1) is 9.09. The van der Waals surface area contributed by atoms with Gasteiger partial charge in [-0.05, 0) is 41.0 Å². The molecule has 0 aromatic carbocycles. The lowest BCUT2D eigenvalue weighted by molar-refractivity contribution is -0.00787. The monoisotopic (exact) mass is 296 g/mol. The van der Waals surface area contributed by atoms with Crippen LogP contribution in [0.2, 0.25) is 0 Å². The molecule has 0 amide bonds. The maximum Gasteiger partial charge on any atom is 0.0476 e. The fraction of sp³-hybridized carbons (Fsp3) is 0.733. The van der Waals surface area contributed by atoms with Crippen molar-refractivity contribution in [3.8, 4) is 0 Å². The van der Waals surface area contributed by atoms with E-state index in [0.717, 1.165) is 13.1 Å². The van der Waals surface area contributed by atoms with E-state index in [-0.39, 0.29) is 5.54 Å². The minimum atomic E-state index is 0.176. The summed E-state index contributed by atoms with van der Waals surface area (Å²) in [5.41, 5.74) is 8.32. The van der Waals surface area contributed by atoms with Crippen molar-refractivity contribution in [1.82, 2.24) is 4.90 Å². The summed E-state index contributed by atoms with van der Waals surface area (Å²) in [6.07, 6.45) is 2.48. The van der Waals surface area contributed by atoms with Crippen molar-refractivity contribution in [1.29, 1.82) is 0 Å². The highest BCUT2D eigenvalue weighted by Crippen LogP contribution is 2.47. The van der Waals surface area contributed by atoms with Crippen LogP contribution in [0, 0.1) is 5.41 Å². The summed E-state index contributed by atoms with van der Waals surface area (Å²) < 4.78 is 0. The van der Waals surface area contributed by atoms with Crippen molar-refractivity contribution in [2.24, 2.45) is 11.1 Å². The molecule has 2 N–H and O–H groups in total. The lowest BCUT2D eigenvalue weighted by atomic mass is 9.69. The van der Waals surface area contributed by atoms with Gasteiger partial charge in [-0.2, -0.15) is 11.8 Å².